The predicted molar refractivity (Wildman–Crippen MR) is 66.9 cm³/mol. The Bertz CT molecular complexity index is 341. The van der Waals surface area contributed by atoms with Crippen LogP contribution in [0.25, 0.3) is 0 Å². The van der Waals surface area contributed by atoms with Crippen molar-refractivity contribution < 1.29 is 8.42 Å². The van der Waals surface area contributed by atoms with Crippen LogP contribution >= 0.6 is 0 Å². The topological polar surface area (TPSA) is 49.4 Å². The Morgan fingerprint density at radius 1 is 1.31 bits per heavy atom. The molecule has 0 aromatic heterocycles. The van der Waals surface area contributed by atoms with Gasteiger partial charge in [0, 0.05) is 26.2 Å². The molecule has 0 bridgehead atoms. The number of nitrogens with zero attached hydrogens (tertiary/aromatic N) is 1. The van der Waals surface area contributed by atoms with Crippen LogP contribution in [0.1, 0.15) is 34.6 Å². The van der Waals surface area contributed by atoms with Gasteiger partial charge < -0.3 is 5.32 Å². The van der Waals surface area contributed by atoms with Gasteiger partial charge in [-0.05, 0) is 19.3 Å². The summed E-state index contributed by atoms with van der Waals surface area (Å²) in [5, 5.41) is 3.19. The maximum Gasteiger partial charge on any atom is 0.220 e. The van der Waals surface area contributed by atoms with Gasteiger partial charge in [-0.15, -0.1) is 0 Å². The molecule has 1 fully saturated rings. The van der Waals surface area contributed by atoms with E-state index in [1.165, 1.54) is 0 Å². The summed E-state index contributed by atoms with van der Waals surface area (Å²) in [5.41, 5.74) is -0.00646. The van der Waals surface area contributed by atoms with Gasteiger partial charge in [0.25, 0.3) is 0 Å². The van der Waals surface area contributed by atoms with Crippen LogP contribution in [0.3, 0.4) is 0 Å². The summed E-state index contributed by atoms with van der Waals surface area (Å²) in [7, 11) is -3.20. The zero-order chi connectivity index (χ0) is 12.6. The molecule has 0 aromatic rings. The van der Waals surface area contributed by atoms with Crippen LogP contribution in [0, 0.1) is 5.41 Å². The highest BCUT2D eigenvalue weighted by molar-refractivity contribution is 7.90. The molecule has 0 aliphatic carbocycles. The average molecular weight is 248 g/mol. The molecule has 0 atom stereocenters. The zero-order valence-corrected chi connectivity index (χ0v) is 11.8. The Morgan fingerprint density at radius 3 is 2.38 bits per heavy atom. The number of rotatable bonds is 1. The van der Waals surface area contributed by atoms with Crippen molar-refractivity contribution >= 4 is 10.0 Å². The first-order valence-electron chi connectivity index (χ1n) is 5.77. The fourth-order valence-electron chi connectivity index (χ4n) is 1.85. The molecule has 1 aliphatic heterocycles. The number of nitrogens with one attached hydrogen (secondary N) is 1. The van der Waals surface area contributed by atoms with E-state index in [1.807, 2.05) is 0 Å². The van der Waals surface area contributed by atoms with Gasteiger partial charge in [-0.2, -0.15) is 4.31 Å². The second kappa shape index (κ2) is 4.27. The third-order valence-corrected chi connectivity index (χ3v) is 5.31. The quantitative estimate of drug-likeness (QED) is 0.754. The third-order valence-electron chi connectivity index (χ3n) is 2.78. The van der Waals surface area contributed by atoms with Gasteiger partial charge in [-0.3, -0.25) is 0 Å². The van der Waals surface area contributed by atoms with Crippen molar-refractivity contribution in [1.29, 1.82) is 0 Å². The molecule has 1 rings (SSSR count). The molecule has 1 heterocycles. The first-order valence-corrected chi connectivity index (χ1v) is 7.21. The number of sulfonamides is 1. The fourth-order valence-corrected chi connectivity index (χ4v) is 3.72. The van der Waals surface area contributed by atoms with Crippen molar-refractivity contribution in [3.05, 3.63) is 0 Å². The summed E-state index contributed by atoms with van der Waals surface area (Å²) < 4.78 is 25.8. The van der Waals surface area contributed by atoms with E-state index in [2.05, 4.69) is 26.1 Å². The Balaban J connectivity index is 2.99. The summed E-state index contributed by atoms with van der Waals surface area (Å²) in [4.78, 5) is 0. The lowest BCUT2D eigenvalue weighted by atomic mass is 9.97. The van der Waals surface area contributed by atoms with E-state index >= 15 is 0 Å². The van der Waals surface area contributed by atoms with E-state index in [-0.39, 0.29) is 5.41 Å². The fraction of sp³-hybridized carbons (Fsp3) is 1.00. The molecule has 0 saturated carbocycles. The summed E-state index contributed by atoms with van der Waals surface area (Å²) >= 11 is 0. The highest BCUT2D eigenvalue weighted by Gasteiger charge is 2.41. The van der Waals surface area contributed by atoms with E-state index in [4.69, 9.17) is 0 Å². The van der Waals surface area contributed by atoms with Gasteiger partial charge >= 0.3 is 0 Å². The van der Waals surface area contributed by atoms with Gasteiger partial charge in [0.2, 0.25) is 10.0 Å². The molecule has 0 spiro atoms. The van der Waals surface area contributed by atoms with Gasteiger partial charge in [0.15, 0.2) is 0 Å². The molecule has 0 unspecified atom stereocenters. The maximum atomic E-state index is 12.4. The van der Waals surface area contributed by atoms with Crippen molar-refractivity contribution in [1.82, 2.24) is 9.62 Å². The van der Waals surface area contributed by atoms with E-state index < -0.39 is 14.8 Å². The second-order valence-corrected chi connectivity index (χ2v) is 8.91. The molecular weight excluding hydrogens is 224 g/mol. The molecule has 0 aromatic carbocycles. The highest BCUT2D eigenvalue weighted by Crippen LogP contribution is 2.26. The van der Waals surface area contributed by atoms with Crippen molar-refractivity contribution in [3.63, 3.8) is 0 Å². The predicted octanol–water partition coefficient (Wildman–Crippen LogP) is 1.05. The first kappa shape index (κ1) is 13.9. The lowest BCUT2D eigenvalue weighted by Gasteiger charge is -2.33. The van der Waals surface area contributed by atoms with Crippen molar-refractivity contribution in [2.45, 2.75) is 39.4 Å². The monoisotopic (exact) mass is 248 g/mol. The van der Waals surface area contributed by atoms with Crippen LogP contribution in [0.15, 0.2) is 0 Å². The van der Waals surface area contributed by atoms with Crippen molar-refractivity contribution in [3.8, 4) is 0 Å². The third kappa shape index (κ3) is 2.96. The maximum absolute atomic E-state index is 12.4. The lowest BCUT2D eigenvalue weighted by molar-refractivity contribution is 0.283. The minimum Gasteiger partial charge on any atom is -0.314 e. The summed E-state index contributed by atoms with van der Waals surface area (Å²) in [6.45, 7) is 12.2. The molecule has 1 aliphatic rings. The minimum absolute atomic E-state index is 0.00646. The standard InChI is InChI=1S/C11H24N2O2S/c1-10(2,3)9-13-7-6-12-8-11(4,5)16(13,14)15/h12H,6-9H2,1-5H3. The summed E-state index contributed by atoms with van der Waals surface area (Å²) in [5.74, 6) is 0. The van der Waals surface area contributed by atoms with E-state index in [0.29, 0.717) is 19.6 Å². The van der Waals surface area contributed by atoms with Crippen molar-refractivity contribution in [2.75, 3.05) is 26.2 Å². The van der Waals surface area contributed by atoms with Gasteiger partial charge in [-0.1, -0.05) is 20.8 Å². The van der Waals surface area contributed by atoms with Crippen LogP contribution in [0.4, 0.5) is 0 Å². The van der Waals surface area contributed by atoms with Crippen LogP contribution in [-0.2, 0) is 10.0 Å². The normalized spacial score (nSPS) is 26.3. The molecule has 1 saturated heterocycles. The molecule has 0 radical (unpaired) electrons. The molecular formula is C11H24N2O2S. The number of hydrogen-bond acceptors (Lipinski definition) is 3. The first-order chi connectivity index (χ1) is 7.06. The van der Waals surface area contributed by atoms with Gasteiger partial charge in [-0.25, -0.2) is 8.42 Å². The van der Waals surface area contributed by atoms with Crippen LogP contribution in [-0.4, -0.2) is 43.6 Å². The molecule has 96 valence electrons. The van der Waals surface area contributed by atoms with Gasteiger partial charge in [0.05, 0.1) is 4.75 Å². The lowest BCUT2D eigenvalue weighted by Crippen LogP contribution is -2.48. The average Bonchev–Trinajstić information content (AvgIpc) is 2.14. The van der Waals surface area contributed by atoms with Gasteiger partial charge in [0.1, 0.15) is 0 Å². The van der Waals surface area contributed by atoms with Crippen molar-refractivity contribution in [2.24, 2.45) is 5.41 Å². The molecule has 5 heteroatoms. The largest absolute Gasteiger partial charge is 0.314 e. The Kier molecular flexibility index (Phi) is 3.72. The SMILES string of the molecule is CC(C)(C)CN1CCNCC(C)(C)S1(=O)=O. The second-order valence-electron chi connectivity index (χ2n) is 6.34. The van der Waals surface area contributed by atoms with Crippen LogP contribution in [0.5, 0.6) is 0 Å². The zero-order valence-electron chi connectivity index (χ0n) is 11.0. The number of hydrogen-bond donors (Lipinski definition) is 1. The Hall–Kier alpha value is -0.130. The summed E-state index contributed by atoms with van der Waals surface area (Å²) in [6.07, 6.45) is 0. The smallest absolute Gasteiger partial charge is 0.220 e. The summed E-state index contributed by atoms with van der Waals surface area (Å²) in [6, 6.07) is 0. The molecule has 4 nitrogen and oxygen atoms in total. The van der Waals surface area contributed by atoms with E-state index in [0.717, 1.165) is 6.54 Å². The molecule has 1 N–H and O–H groups in total. The van der Waals surface area contributed by atoms with Crippen LogP contribution < -0.4 is 5.32 Å². The van der Waals surface area contributed by atoms with E-state index in [9.17, 15) is 8.42 Å². The van der Waals surface area contributed by atoms with E-state index in [1.54, 1.807) is 18.2 Å². The Morgan fingerprint density at radius 2 is 1.88 bits per heavy atom. The molecule has 16 heavy (non-hydrogen) atoms. The van der Waals surface area contributed by atoms with Crippen LogP contribution in [0.2, 0.25) is 0 Å². The molecule has 0 amide bonds. The minimum atomic E-state index is -3.20. The Labute approximate surface area is 99.5 Å². The highest BCUT2D eigenvalue weighted by atomic mass is 32.2.